The van der Waals surface area contributed by atoms with Crippen molar-refractivity contribution in [2.24, 2.45) is 11.8 Å². The van der Waals surface area contributed by atoms with Crippen molar-refractivity contribution in [3.8, 4) is 0 Å². The molecule has 1 aliphatic heterocycles. The van der Waals surface area contributed by atoms with Gasteiger partial charge in [0.1, 0.15) is 0 Å². The van der Waals surface area contributed by atoms with E-state index in [1.54, 1.807) is 0 Å². The van der Waals surface area contributed by atoms with Crippen molar-refractivity contribution in [3.05, 3.63) is 0 Å². The topological polar surface area (TPSA) is 41.1 Å². The van der Waals surface area contributed by atoms with E-state index in [9.17, 15) is 4.79 Å². The van der Waals surface area contributed by atoms with Crippen LogP contribution in [0.3, 0.4) is 0 Å². The van der Waals surface area contributed by atoms with Gasteiger partial charge < -0.3 is 10.6 Å². The molecule has 0 bridgehead atoms. The molecule has 0 aromatic heterocycles. The fraction of sp³-hybridized carbons (Fsp3) is 0.917. The quantitative estimate of drug-likeness (QED) is 0.742. The third-order valence-corrected chi connectivity index (χ3v) is 3.32. The highest BCUT2D eigenvalue weighted by Crippen LogP contribution is 2.15. The Morgan fingerprint density at radius 1 is 1.33 bits per heavy atom. The van der Waals surface area contributed by atoms with Crippen LogP contribution in [0.5, 0.6) is 0 Å². The Hall–Kier alpha value is -0.570. The van der Waals surface area contributed by atoms with E-state index in [0.29, 0.717) is 24.3 Å². The van der Waals surface area contributed by atoms with Gasteiger partial charge in [-0.25, -0.2) is 0 Å². The minimum absolute atomic E-state index is 0.225. The van der Waals surface area contributed by atoms with E-state index in [2.05, 4.69) is 31.4 Å². The van der Waals surface area contributed by atoms with Gasteiger partial charge in [0.25, 0.3) is 0 Å². The summed E-state index contributed by atoms with van der Waals surface area (Å²) in [6.45, 7) is 8.48. The molecule has 88 valence electrons. The number of hydrogen-bond acceptors (Lipinski definition) is 2. The zero-order valence-electron chi connectivity index (χ0n) is 10.2. The van der Waals surface area contributed by atoms with E-state index in [0.717, 1.165) is 25.9 Å². The van der Waals surface area contributed by atoms with Gasteiger partial charge in [0.05, 0.1) is 0 Å². The normalized spacial score (nSPS) is 20.3. The Balaban J connectivity index is 2.22. The van der Waals surface area contributed by atoms with Crippen molar-refractivity contribution >= 4 is 5.91 Å². The minimum atomic E-state index is 0.225. The molecule has 1 rings (SSSR count). The molecule has 0 aliphatic carbocycles. The highest BCUT2D eigenvalue weighted by atomic mass is 16.1. The summed E-state index contributed by atoms with van der Waals surface area (Å²) < 4.78 is 0. The average molecular weight is 212 g/mol. The molecule has 0 radical (unpaired) electrons. The van der Waals surface area contributed by atoms with Crippen LogP contribution in [0.1, 0.15) is 40.0 Å². The van der Waals surface area contributed by atoms with Crippen LogP contribution in [0.25, 0.3) is 0 Å². The molecule has 3 heteroatoms. The fourth-order valence-corrected chi connectivity index (χ4v) is 1.83. The van der Waals surface area contributed by atoms with Gasteiger partial charge in [-0.15, -0.1) is 0 Å². The second kappa shape index (κ2) is 6.11. The summed E-state index contributed by atoms with van der Waals surface area (Å²) in [4.78, 5) is 11.7. The van der Waals surface area contributed by atoms with Crippen LogP contribution in [-0.2, 0) is 4.79 Å². The van der Waals surface area contributed by atoms with Gasteiger partial charge >= 0.3 is 0 Å². The lowest BCUT2D eigenvalue weighted by Gasteiger charge is -2.23. The smallest absolute Gasteiger partial charge is 0.220 e. The van der Waals surface area contributed by atoms with Crippen LogP contribution < -0.4 is 10.6 Å². The van der Waals surface area contributed by atoms with E-state index >= 15 is 0 Å². The number of hydrogen-bond donors (Lipinski definition) is 2. The zero-order valence-corrected chi connectivity index (χ0v) is 10.2. The molecule has 1 unspecified atom stereocenters. The third kappa shape index (κ3) is 4.65. The molecule has 1 heterocycles. The number of nitrogens with one attached hydrogen (secondary N) is 2. The molecule has 2 N–H and O–H groups in total. The predicted molar refractivity (Wildman–Crippen MR) is 62.7 cm³/mol. The zero-order chi connectivity index (χ0) is 11.3. The second-order valence-electron chi connectivity index (χ2n) is 5.00. The van der Waals surface area contributed by atoms with Crippen LogP contribution in [0.15, 0.2) is 0 Å². The van der Waals surface area contributed by atoms with Crippen molar-refractivity contribution in [2.75, 3.05) is 13.1 Å². The van der Waals surface area contributed by atoms with E-state index in [1.165, 1.54) is 0 Å². The van der Waals surface area contributed by atoms with Gasteiger partial charge in [-0.3, -0.25) is 4.79 Å². The van der Waals surface area contributed by atoms with Crippen molar-refractivity contribution in [3.63, 3.8) is 0 Å². The van der Waals surface area contributed by atoms with Crippen LogP contribution in [0.4, 0.5) is 0 Å². The summed E-state index contributed by atoms with van der Waals surface area (Å²) in [6, 6.07) is 0.291. The molecule has 0 aromatic rings. The molecular formula is C12H24N2O. The Morgan fingerprint density at radius 3 is 2.47 bits per heavy atom. The molecule has 0 spiro atoms. The first-order valence-electron chi connectivity index (χ1n) is 6.09. The number of carbonyl (C=O) groups is 1. The number of piperidine rings is 1. The summed E-state index contributed by atoms with van der Waals surface area (Å²) in [5, 5.41) is 6.38. The van der Waals surface area contributed by atoms with Gasteiger partial charge in [-0.2, -0.15) is 0 Å². The van der Waals surface area contributed by atoms with Crippen LogP contribution in [0.2, 0.25) is 0 Å². The summed E-state index contributed by atoms with van der Waals surface area (Å²) in [7, 11) is 0. The van der Waals surface area contributed by atoms with Gasteiger partial charge in [-0.05, 0) is 44.7 Å². The summed E-state index contributed by atoms with van der Waals surface area (Å²) in [5.74, 6) is 1.33. The molecule has 1 fully saturated rings. The van der Waals surface area contributed by atoms with Crippen molar-refractivity contribution in [1.82, 2.24) is 10.6 Å². The summed E-state index contributed by atoms with van der Waals surface area (Å²) in [6.07, 6.45) is 2.99. The molecule has 3 nitrogen and oxygen atoms in total. The lowest BCUT2D eigenvalue weighted by Crippen LogP contribution is -2.38. The van der Waals surface area contributed by atoms with Gasteiger partial charge in [0, 0.05) is 12.5 Å². The van der Waals surface area contributed by atoms with Crippen LogP contribution in [-0.4, -0.2) is 25.0 Å². The molecule has 1 atom stereocenters. The third-order valence-electron chi connectivity index (χ3n) is 3.32. The van der Waals surface area contributed by atoms with Crippen molar-refractivity contribution < 1.29 is 4.79 Å². The van der Waals surface area contributed by atoms with E-state index in [1.807, 2.05) is 0 Å². The maximum atomic E-state index is 11.7. The fourth-order valence-electron chi connectivity index (χ4n) is 1.83. The first-order chi connectivity index (χ1) is 7.09. The standard InChI is InChI=1S/C12H24N2O/c1-9(2)10(3)14-12(15)8-11-4-6-13-7-5-11/h9-11,13H,4-8H2,1-3H3,(H,14,15). The monoisotopic (exact) mass is 212 g/mol. The van der Waals surface area contributed by atoms with E-state index in [-0.39, 0.29) is 5.91 Å². The first-order valence-corrected chi connectivity index (χ1v) is 6.09. The Bertz CT molecular complexity index is 198. The van der Waals surface area contributed by atoms with Gasteiger partial charge in [0.15, 0.2) is 0 Å². The lowest BCUT2D eigenvalue weighted by atomic mass is 9.94. The number of carbonyl (C=O) groups excluding carboxylic acids is 1. The van der Waals surface area contributed by atoms with Crippen molar-refractivity contribution in [2.45, 2.75) is 46.1 Å². The van der Waals surface area contributed by atoms with E-state index < -0.39 is 0 Å². The first kappa shape index (κ1) is 12.5. The lowest BCUT2D eigenvalue weighted by molar-refractivity contribution is -0.123. The molecule has 1 aliphatic rings. The Labute approximate surface area is 93.0 Å². The Morgan fingerprint density at radius 2 is 1.93 bits per heavy atom. The maximum Gasteiger partial charge on any atom is 0.220 e. The van der Waals surface area contributed by atoms with Crippen LogP contribution >= 0.6 is 0 Å². The van der Waals surface area contributed by atoms with Gasteiger partial charge in [0.2, 0.25) is 5.91 Å². The van der Waals surface area contributed by atoms with Gasteiger partial charge in [-0.1, -0.05) is 13.8 Å². The summed E-state index contributed by atoms with van der Waals surface area (Å²) in [5.41, 5.74) is 0. The maximum absolute atomic E-state index is 11.7. The molecule has 0 saturated carbocycles. The molecule has 15 heavy (non-hydrogen) atoms. The largest absolute Gasteiger partial charge is 0.353 e. The van der Waals surface area contributed by atoms with Crippen LogP contribution in [0, 0.1) is 11.8 Å². The SMILES string of the molecule is CC(C)C(C)NC(=O)CC1CCNCC1. The average Bonchev–Trinajstić information content (AvgIpc) is 2.18. The Kier molecular flexibility index (Phi) is 5.09. The van der Waals surface area contributed by atoms with Crippen molar-refractivity contribution in [1.29, 1.82) is 0 Å². The highest BCUT2D eigenvalue weighted by Gasteiger charge is 2.18. The molecule has 1 amide bonds. The summed E-state index contributed by atoms with van der Waals surface area (Å²) >= 11 is 0. The molecule has 1 saturated heterocycles. The molecule has 0 aromatic carbocycles. The molecular weight excluding hydrogens is 188 g/mol. The second-order valence-corrected chi connectivity index (χ2v) is 5.00. The van der Waals surface area contributed by atoms with E-state index in [4.69, 9.17) is 0 Å². The predicted octanol–water partition coefficient (Wildman–Crippen LogP) is 1.54. The number of rotatable bonds is 4. The minimum Gasteiger partial charge on any atom is -0.353 e. The highest BCUT2D eigenvalue weighted by molar-refractivity contribution is 5.76. The number of amides is 1.